The summed E-state index contributed by atoms with van der Waals surface area (Å²) in [7, 11) is 2.28. The van der Waals surface area contributed by atoms with Crippen molar-refractivity contribution in [2.75, 3.05) is 26.7 Å². The summed E-state index contributed by atoms with van der Waals surface area (Å²) < 4.78 is 0. The first-order valence-corrected chi connectivity index (χ1v) is 6.54. The van der Waals surface area contributed by atoms with E-state index in [1.54, 1.807) is 0 Å². The molecule has 0 aromatic heterocycles. The van der Waals surface area contributed by atoms with Crippen molar-refractivity contribution in [2.24, 2.45) is 5.41 Å². The van der Waals surface area contributed by atoms with E-state index in [1.807, 2.05) is 0 Å². The largest absolute Gasteiger partial charge is 0.316 e. The lowest BCUT2D eigenvalue weighted by Crippen LogP contribution is -2.41. The van der Waals surface area contributed by atoms with Crippen LogP contribution in [0.2, 0.25) is 0 Å². The summed E-state index contributed by atoms with van der Waals surface area (Å²) in [4.78, 5) is 2.54. The van der Waals surface area contributed by atoms with Crippen molar-refractivity contribution in [1.82, 2.24) is 10.2 Å². The molecule has 0 aromatic rings. The lowest BCUT2D eigenvalue weighted by molar-refractivity contribution is 0.142. The van der Waals surface area contributed by atoms with Crippen LogP contribution in [0.15, 0.2) is 0 Å². The second kappa shape index (κ2) is 5.86. The Bertz CT molecular complexity index is 173. The summed E-state index contributed by atoms with van der Waals surface area (Å²) in [5.41, 5.74) is 0.562. The zero-order valence-corrected chi connectivity index (χ0v) is 11.0. The quantitative estimate of drug-likeness (QED) is 0.728. The van der Waals surface area contributed by atoms with Gasteiger partial charge in [-0.2, -0.15) is 0 Å². The highest BCUT2D eigenvalue weighted by molar-refractivity contribution is 4.90. The average Bonchev–Trinajstić information content (AvgIpc) is 2.65. The molecule has 1 aliphatic rings. The molecule has 15 heavy (non-hydrogen) atoms. The molecule has 0 amide bonds. The van der Waals surface area contributed by atoms with E-state index in [1.165, 1.54) is 45.3 Å². The Labute approximate surface area is 95.4 Å². The number of hydrogen-bond donors (Lipinski definition) is 1. The molecule has 0 aliphatic carbocycles. The van der Waals surface area contributed by atoms with Crippen molar-refractivity contribution in [2.45, 2.75) is 52.5 Å². The second-order valence-corrected chi connectivity index (χ2v) is 5.35. The summed E-state index contributed by atoms with van der Waals surface area (Å²) in [6, 6.07) is 0.722. The van der Waals surface area contributed by atoms with Crippen molar-refractivity contribution < 1.29 is 0 Å². The van der Waals surface area contributed by atoms with E-state index in [0.29, 0.717) is 5.41 Å². The molecule has 0 radical (unpaired) electrons. The van der Waals surface area contributed by atoms with Gasteiger partial charge in [0.1, 0.15) is 0 Å². The van der Waals surface area contributed by atoms with Crippen molar-refractivity contribution in [3.63, 3.8) is 0 Å². The number of hydrogen-bond acceptors (Lipinski definition) is 2. The van der Waals surface area contributed by atoms with Crippen molar-refractivity contribution in [3.05, 3.63) is 0 Å². The number of nitrogens with one attached hydrogen (secondary N) is 1. The summed E-state index contributed by atoms with van der Waals surface area (Å²) in [5, 5.41) is 3.53. The molecule has 2 unspecified atom stereocenters. The summed E-state index contributed by atoms with van der Waals surface area (Å²) in [5.74, 6) is 0. The topological polar surface area (TPSA) is 15.3 Å². The Morgan fingerprint density at radius 1 is 1.40 bits per heavy atom. The maximum absolute atomic E-state index is 3.53. The van der Waals surface area contributed by atoms with E-state index in [4.69, 9.17) is 0 Å². The molecule has 2 atom stereocenters. The van der Waals surface area contributed by atoms with Crippen molar-refractivity contribution in [3.8, 4) is 0 Å². The van der Waals surface area contributed by atoms with Gasteiger partial charge < -0.3 is 10.2 Å². The summed E-state index contributed by atoms with van der Waals surface area (Å²) >= 11 is 0. The highest BCUT2D eigenvalue weighted by atomic mass is 15.1. The second-order valence-electron chi connectivity index (χ2n) is 5.35. The van der Waals surface area contributed by atoms with E-state index in [9.17, 15) is 0 Å². The average molecular weight is 212 g/mol. The maximum atomic E-state index is 3.53. The Morgan fingerprint density at radius 2 is 2.13 bits per heavy atom. The number of rotatable bonds is 6. The monoisotopic (exact) mass is 212 g/mol. The Balaban J connectivity index is 2.50. The lowest BCUT2D eigenvalue weighted by atomic mass is 9.82. The van der Waals surface area contributed by atoms with Crippen molar-refractivity contribution in [1.29, 1.82) is 0 Å². The summed E-state index contributed by atoms with van der Waals surface area (Å²) in [6.45, 7) is 10.6. The van der Waals surface area contributed by atoms with Gasteiger partial charge in [0.25, 0.3) is 0 Å². The van der Waals surface area contributed by atoms with E-state index < -0.39 is 0 Å². The molecule has 1 aliphatic heterocycles. The van der Waals surface area contributed by atoms with Crippen LogP contribution in [-0.4, -0.2) is 37.6 Å². The first-order valence-electron chi connectivity index (χ1n) is 6.54. The molecule has 1 heterocycles. The van der Waals surface area contributed by atoms with Crippen molar-refractivity contribution >= 4 is 0 Å². The first-order chi connectivity index (χ1) is 7.13. The van der Waals surface area contributed by atoms with Gasteiger partial charge in [-0.3, -0.25) is 0 Å². The molecule has 90 valence electrons. The molecule has 1 rings (SSSR count). The zero-order valence-electron chi connectivity index (χ0n) is 11.0. The third-order valence-electron chi connectivity index (χ3n) is 4.04. The highest BCUT2D eigenvalue weighted by Crippen LogP contribution is 2.32. The van der Waals surface area contributed by atoms with Crippen LogP contribution in [0, 0.1) is 5.41 Å². The van der Waals surface area contributed by atoms with E-state index in [2.05, 4.69) is 38.0 Å². The highest BCUT2D eigenvalue weighted by Gasteiger charge is 2.34. The van der Waals surface area contributed by atoms with Gasteiger partial charge in [-0.05, 0) is 45.2 Å². The van der Waals surface area contributed by atoms with Gasteiger partial charge in [-0.15, -0.1) is 0 Å². The van der Waals surface area contributed by atoms with Crippen LogP contribution in [0.25, 0.3) is 0 Å². The molecule has 1 saturated heterocycles. The van der Waals surface area contributed by atoms with E-state index in [0.717, 1.165) is 6.04 Å². The van der Waals surface area contributed by atoms with Gasteiger partial charge in [0.05, 0.1) is 0 Å². The molecule has 2 nitrogen and oxygen atoms in total. The standard InChI is InChI=1S/C13H28N2/c1-5-7-13(8-9-14-10-13)11-15(4)12(3)6-2/h12,14H,5-11H2,1-4H3. The van der Waals surface area contributed by atoms with Gasteiger partial charge in [-0.25, -0.2) is 0 Å². The SMILES string of the molecule is CCCC1(CN(C)C(C)CC)CCNC1. The fraction of sp³-hybridized carbons (Fsp3) is 1.00. The molecule has 0 aromatic carbocycles. The minimum Gasteiger partial charge on any atom is -0.316 e. The fourth-order valence-electron chi connectivity index (χ4n) is 2.75. The van der Waals surface area contributed by atoms with Gasteiger partial charge in [0.15, 0.2) is 0 Å². The molecule has 0 saturated carbocycles. The molecule has 1 N–H and O–H groups in total. The Kier molecular flexibility index (Phi) is 5.07. The molecule has 2 heteroatoms. The normalized spacial score (nSPS) is 28.6. The van der Waals surface area contributed by atoms with E-state index >= 15 is 0 Å². The maximum Gasteiger partial charge on any atom is 0.00614 e. The minimum atomic E-state index is 0.562. The third kappa shape index (κ3) is 3.46. The zero-order chi connectivity index (χ0) is 11.3. The molecular formula is C13H28N2. The van der Waals surface area contributed by atoms with Crippen LogP contribution in [0.4, 0.5) is 0 Å². The molecule has 1 fully saturated rings. The molecule has 0 bridgehead atoms. The van der Waals surface area contributed by atoms with Gasteiger partial charge in [0.2, 0.25) is 0 Å². The smallest absolute Gasteiger partial charge is 0.00614 e. The van der Waals surface area contributed by atoms with E-state index in [-0.39, 0.29) is 0 Å². The minimum absolute atomic E-state index is 0.562. The third-order valence-corrected chi connectivity index (χ3v) is 4.04. The van der Waals surface area contributed by atoms with Crippen LogP contribution in [-0.2, 0) is 0 Å². The van der Waals surface area contributed by atoms with Crippen LogP contribution >= 0.6 is 0 Å². The van der Waals surface area contributed by atoms with Gasteiger partial charge in [-0.1, -0.05) is 20.3 Å². The number of nitrogens with zero attached hydrogens (tertiary/aromatic N) is 1. The predicted octanol–water partition coefficient (Wildman–Crippen LogP) is 2.50. The first kappa shape index (κ1) is 13.0. The molecule has 0 spiro atoms. The lowest BCUT2D eigenvalue weighted by Gasteiger charge is -2.35. The van der Waals surface area contributed by atoms with Crippen LogP contribution in [0.1, 0.15) is 46.5 Å². The van der Waals surface area contributed by atoms with Crippen LogP contribution < -0.4 is 5.32 Å². The van der Waals surface area contributed by atoms with Crippen LogP contribution in [0.5, 0.6) is 0 Å². The predicted molar refractivity (Wildman–Crippen MR) is 67.2 cm³/mol. The summed E-state index contributed by atoms with van der Waals surface area (Å²) in [6.07, 6.45) is 5.31. The van der Waals surface area contributed by atoms with Gasteiger partial charge >= 0.3 is 0 Å². The van der Waals surface area contributed by atoms with Gasteiger partial charge in [0, 0.05) is 19.1 Å². The van der Waals surface area contributed by atoms with Crippen LogP contribution in [0.3, 0.4) is 0 Å². The Morgan fingerprint density at radius 3 is 2.60 bits per heavy atom. The molecular weight excluding hydrogens is 184 g/mol. The fourth-order valence-corrected chi connectivity index (χ4v) is 2.75. The Hall–Kier alpha value is -0.0800.